The number of aromatic nitrogens is 2. The maximum atomic E-state index is 13.1. The molecule has 0 saturated carbocycles. The van der Waals surface area contributed by atoms with Gasteiger partial charge in [0, 0.05) is 37.1 Å². The summed E-state index contributed by atoms with van der Waals surface area (Å²) in [7, 11) is 0. The number of carbonyl (C=O) groups excluding carboxylic acids is 1. The van der Waals surface area contributed by atoms with Crippen molar-refractivity contribution >= 4 is 11.6 Å². The van der Waals surface area contributed by atoms with Crippen molar-refractivity contribution < 1.29 is 9.53 Å². The lowest BCUT2D eigenvalue weighted by Crippen LogP contribution is -2.35. The van der Waals surface area contributed by atoms with E-state index >= 15 is 0 Å². The van der Waals surface area contributed by atoms with Crippen LogP contribution in [0.2, 0.25) is 0 Å². The van der Waals surface area contributed by atoms with Crippen LogP contribution in [0.4, 0.5) is 5.69 Å². The largest absolute Gasteiger partial charge is 0.379 e. The number of amides is 1. The molecule has 0 radical (unpaired) electrons. The van der Waals surface area contributed by atoms with Crippen LogP contribution in [0.1, 0.15) is 21.7 Å². The number of carbonyl (C=O) groups is 1. The molecule has 3 aromatic rings. The zero-order valence-electron chi connectivity index (χ0n) is 16.5. The number of ether oxygens (including phenoxy) is 1. The highest BCUT2D eigenvalue weighted by Crippen LogP contribution is 2.24. The Morgan fingerprint density at radius 1 is 1.07 bits per heavy atom. The molecule has 2 heterocycles. The maximum Gasteiger partial charge on any atom is 0.259 e. The van der Waals surface area contributed by atoms with Crippen LogP contribution < -0.4 is 5.32 Å². The van der Waals surface area contributed by atoms with Gasteiger partial charge >= 0.3 is 0 Å². The summed E-state index contributed by atoms with van der Waals surface area (Å²) in [6.45, 7) is 5.88. The highest BCUT2D eigenvalue weighted by molar-refractivity contribution is 6.08. The number of nitrogens with one attached hydrogen (secondary N) is 1. The molecule has 0 atom stereocenters. The third-order valence-corrected chi connectivity index (χ3v) is 4.96. The van der Waals surface area contributed by atoms with Crippen LogP contribution in [0.5, 0.6) is 0 Å². The molecule has 2 aromatic carbocycles. The number of aryl methyl sites for hydroxylation is 1. The van der Waals surface area contributed by atoms with E-state index in [0.29, 0.717) is 17.1 Å². The Hall–Kier alpha value is -3.09. The number of anilines is 1. The second-order valence-corrected chi connectivity index (χ2v) is 7.05. The lowest BCUT2D eigenvalue weighted by atomic mass is 10.1. The highest BCUT2D eigenvalue weighted by Gasteiger charge is 2.18. The van der Waals surface area contributed by atoms with Crippen molar-refractivity contribution in [2.75, 3.05) is 31.6 Å². The predicted molar refractivity (Wildman–Crippen MR) is 113 cm³/mol. The summed E-state index contributed by atoms with van der Waals surface area (Å²) in [5, 5.41) is 3.07. The summed E-state index contributed by atoms with van der Waals surface area (Å²) < 4.78 is 5.43. The quantitative estimate of drug-likeness (QED) is 0.724. The summed E-state index contributed by atoms with van der Waals surface area (Å²) in [4.78, 5) is 24.2. The Labute approximate surface area is 170 Å². The Morgan fingerprint density at radius 3 is 2.59 bits per heavy atom. The van der Waals surface area contributed by atoms with E-state index in [4.69, 9.17) is 4.74 Å². The predicted octanol–water partition coefficient (Wildman–Crippen LogP) is 3.54. The molecule has 1 amide bonds. The summed E-state index contributed by atoms with van der Waals surface area (Å²) in [6, 6.07) is 17.6. The normalized spacial score (nSPS) is 14.5. The number of nitrogens with zero attached hydrogens (tertiary/aromatic N) is 3. The van der Waals surface area contributed by atoms with Gasteiger partial charge in [-0.15, -0.1) is 0 Å². The van der Waals surface area contributed by atoms with Crippen molar-refractivity contribution in [2.24, 2.45) is 0 Å². The molecule has 1 aliphatic rings. The number of morpholine rings is 1. The highest BCUT2D eigenvalue weighted by atomic mass is 16.5. The van der Waals surface area contributed by atoms with Gasteiger partial charge in [0.15, 0.2) is 0 Å². The molecular weight excluding hydrogens is 364 g/mol. The van der Waals surface area contributed by atoms with E-state index in [2.05, 4.69) is 26.3 Å². The summed E-state index contributed by atoms with van der Waals surface area (Å²) in [5.74, 6) is 0.423. The van der Waals surface area contributed by atoms with Gasteiger partial charge in [-0.1, -0.05) is 48.5 Å². The summed E-state index contributed by atoms with van der Waals surface area (Å²) >= 11 is 0. The van der Waals surface area contributed by atoms with Gasteiger partial charge in [-0.25, -0.2) is 9.97 Å². The smallest absolute Gasteiger partial charge is 0.259 e. The number of benzene rings is 2. The van der Waals surface area contributed by atoms with Crippen LogP contribution in [0.25, 0.3) is 11.3 Å². The molecule has 1 fully saturated rings. The molecule has 1 saturated heterocycles. The van der Waals surface area contributed by atoms with E-state index in [-0.39, 0.29) is 5.91 Å². The third kappa shape index (κ3) is 4.67. The third-order valence-electron chi connectivity index (χ3n) is 4.96. The van der Waals surface area contributed by atoms with Crippen LogP contribution in [-0.2, 0) is 11.3 Å². The lowest BCUT2D eigenvalue weighted by Gasteiger charge is -2.27. The average Bonchev–Trinajstić information content (AvgIpc) is 2.76. The molecule has 1 N–H and O–H groups in total. The Morgan fingerprint density at radius 2 is 1.79 bits per heavy atom. The van der Waals surface area contributed by atoms with E-state index in [1.54, 1.807) is 6.20 Å². The maximum absolute atomic E-state index is 13.1. The summed E-state index contributed by atoms with van der Waals surface area (Å²) in [5.41, 5.74) is 3.88. The zero-order chi connectivity index (χ0) is 20.1. The summed E-state index contributed by atoms with van der Waals surface area (Å²) in [6.07, 6.45) is 1.60. The molecule has 0 aliphatic carbocycles. The van der Waals surface area contributed by atoms with Crippen molar-refractivity contribution in [1.29, 1.82) is 0 Å². The first kappa shape index (κ1) is 19.2. The minimum Gasteiger partial charge on any atom is -0.379 e. The molecule has 148 valence electrons. The fourth-order valence-corrected chi connectivity index (χ4v) is 3.42. The van der Waals surface area contributed by atoms with Crippen molar-refractivity contribution in [1.82, 2.24) is 14.9 Å². The van der Waals surface area contributed by atoms with Gasteiger partial charge in [0.2, 0.25) is 0 Å². The second kappa shape index (κ2) is 8.94. The monoisotopic (exact) mass is 388 g/mol. The van der Waals surface area contributed by atoms with Crippen molar-refractivity contribution in [3.8, 4) is 11.3 Å². The van der Waals surface area contributed by atoms with Crippen LogP contribution in [0.15, 0.2) is 60.8 Å². The molecule has 0 bridgehead atoms. The van der Waals surface area contributed by atoms with E-state index in [1.807, 2.05) is 55.5 Å². The first-order chi connectivity index (χ1) is 14.2. The average molecular weight is 388 g/mol. The van der Waals surface area contributed by atoms with E-state index in [0.717, 1.165) is 49.7 Å². The Balaban J connectivity index is 1.59. The van der Waals surface area contributed by atoms with Crippen LogP contribution in [0.3, 0.4) is 0 Å². The number of hydrogen-bond donors (Lipinski definition) is 1. The van der Waals surface area contributed by atoms with Gasteiger partial charge in [0.25, 0.3) is 5.91 Å². The molecule has 29 heavy (non-hydrogen) atoms. The van der Waals surface area contributed by atoms with Crippen LogP contribution >= 0.6 is 0 Å². The molecule has 6 heteroatoms. The van der Waals surface area contributed by atoms with Crippen LogP contribution in [-0.4, -0.2) is 47.1 Å². The Kier molecular flexibility index (Phi) is 5.93. The first-order valence-corrected chi connectivity index (χ1v) is 9.79. The standard InChI is InChI=1S/C23H24N4O2/c1-17-24-15-20(22(25-17)18-7-3-2-4-8-18)23(28)26-21-10-6-5-9-19(21)16-27-11-13-29-14-12-27/h2-10,15H,11-14,16H2,1H3,(H,26,28). The minimum atomic E-state index is -0.210. The molecule has 4 rings (SSSR count). The SMILES string of the molecule is Cc1ncc(C(=O)Nc2ccccc2CN2CCOCC2)c(-c2ccccc2)n1. The minimum absolute atomic E-state index is 0.210. The fraction of sp³-hybridized carbons (Fsp3) is 0.261. The van der Waals surface area contributed by atoms with Gasteiger partial charge in [0.05, 0.1) is 24.5 Å². The fourth-order valence-electron chi connectivity index (χ4n) is 3.42. The molecule has 1 aliphatic heterocycles. The van der Waals surface area contributed by atoms with E-state index in [1.165, 1.54) is 0 Å². The Bertz CT molecular complexity index is 985. The van der Waals surface area contributed by atoms with Gasteiger partial charge in [-0.2, -0.15) is 0 Å². The zero-order valence-corrected chi connectivity index (χ0v) is 16.5. The van der Waals surface area contributed by atoms with E-state index < -0.39 is 0 Å². The molecule has 1 aromatic heterocycles. The molecule has 0 spiro atoms. The van der Waals surface area contributed by atoms with Crippen molar-refractivity contribution in [2.45, 2.75) is 13.5 Å². The van der Waals surface area contributed by atoms with Crippen LogP contribution in [0, 0.1) is 6.92 Å². The van der Waals surface area contributed by atoms with Gasteiger partial charge in [0.1, 0.15) is 5.82 Å². The van der Waals surface area contributed by atoms with Gasteiger partial charge in [-0.05, 0) is 18.6 Å². The molecule has 6 nitrogen and oxygen atoms in total. The number of rotatable bonds is 5. The number of hydrogen-bond acceptors (Lipinski definition) is 5. The second-order valence-electron chi connectivity index (χ2n) is 7.05. The van der Waals surface area contributed by atoms with Gasteiger partial charge < -0.3 is 10.1 Å². The van der Waals surface area contributed by atoms with Crippen molar-refractivity contribution in [3.63, 3.8) is 0 Å². The topological polar surface area (TPSA) is 67.4 Å². The lowest BCUT2D eigenvalue weighted by molar-refractivity contribution is 0.0342. The van der Waals surface area contributed by atoms with Gasteiger partial charge in [-0.3, -0.25) is 9.69 Å². The molecular formula is C23H24N4O2. The first-order valence-electron chi connectivity index (χ1n) is 9.79. The van der Waals surface area contributed by atoms with E-state index in [9.17, 15) is 4.79 Å². The van der Waals surface area contributed by atoms with Crippen molar-refractivity contribution in [3.05, 3.63) is 77.7 Å². The molecule has 0 unspecified atom stereocenters. The number of para-hydroxylation sites is 1.